The van der Waals surface area contributed by atoms with Crippen LogP contribution in [0.15, 0.2) is 24.3 Å². The molecule has 3 rings (SSSR count). The number of hydrogen-bond acceptors (Lipinski definition) is 3. The van der Waals surface area contributed by atoms with Crippen LogP contribution in [0.25, 0.3) is 0 Å². The summed E-state index contributed by atoms with van der Waals surface area (Å²) in [5, 5.41) is 9.25. The molecule has 0 saturated carbocycles. The van der Waals surface area contributed by atoms with Gasteiger partial charge in [0, 0.05) is 32.3 Å². The number of hydrogen-bond donors (Lipinski definition) is 1. The summed E-state index contributed by atoms with van der Waals surface area (Å²) in [4.78, 5) is 17.2. The summed E-state index contributed by atoms with van der Waals surface area (Å²) in [6.45, 7) is 3.28. The van der Waals surface area contributed by atoms with Gasteiger partial charge in [-0.2, -0.15) is 0 Å². The topological polar surface area (TPSA) is 43.8 Å². The highest BCUT2D eigenvalue weighted by molar-refractivity contribution is 5.78. The number of amides is 1. The van der Waals surface area contributed by atoms with Gasteiger partial charge in [-0.3, -0.25) is 9.69 Å². The third-order valence-electron chi connectivity index (χ3n) is 5.44. The maximum absolute atomic E-state index is 12.8. The molecule has 1 unspecified atom stereocenters. The normalized spacial score (nSPS) is 20.9. The maximum Gasteiger partial charge on any atom is 0.236 e. The van der Waals surface area contributed by atoms with E-state index in [9.17, 15) is 9.90 Å². The molecule has 0 bridgehead atoms. The van der Waals surface area contributed by atoms with Crippen LogP contribution in [-0.4, -0.2) is 53.6 Å². The van der Waals surface area contributed by atoms with Gasteiger partial charge in [-0.1, -0.05) is 37.1 Å². The van der Waals surface area contributed by atoms with Gasteiger partial charge in [0.15, 0.2) is 0 Å². The van der Waals surface area contributed by atoms with Crippen molar-refractivity contribution in [2.45, 2.75) is 51.0 Å². The van der Waals surface area contributed by atoms with E-state index in [1.165, 1.54) is 24.0 Å². The zero-order chi connectivity index (χ0) is 16.8. The first-order chi connectivity index (χ1) is 11.8. The van der Waals surface area contributed by atoms with Crippen molar-refractivity contribution in [2.24, 2.45) is 0 Å². The number of carbonyl (C=O) groups is 1. The molecule has 1 amide bonds. The second-order valence-electron chi connectivity index (χ2n) is 7.10. The lowest BCUT2D eigenvalue weighted by atomic mass is 10.1. The Labute approximate surface area is 145 Å². The van der Waals surface area contributed by atoms with Crippen LogP contribution in [0.5, 0.6) is 0 Å². The first-order valence-corrected chi connectivity index (χ1v) is 9.50. The molecule has 1 aromatic rings. The molecule has 1 atom stereocenters. The smallest absolute Gasteiger partial charge is 0.236 e. The van der Waals surface area contributed by atoms with E-state index in [4.69, 9.17) is 0 Å². The van der Waals surface area contributed by atoms with Crippen molar-refractivity contribution in [3.63, 3.8) is 0 Å². The standard InChI is InChI=1S/C20H30N2O2/c23-15-7-14-22(16-20(24)21-12-5-1-2-6-13-21)19-11-10-17-8-3-4-9-18(17)19/h3-4,8-9,19,23H,1-2,5-7,10-16H2. The fourth-order valence-corrected chi connectivity index (χ4v) is 4.13. The molecule has 24 heavy (non-hydrogen) atoms. The van der Waals surface area contributed by atoms with E-state index in [0.29, 0.717) is 12.6 Å². The summed E-state index contributed by atoms with van der Waals surface area (Å²) >= 11 is 0. The molecule has 1 aliphatic heterocycles. The number of aryl methyl sites for hydroxylation is 1. The van der Waals surface area contributed by atoms with Crippen LogP contribution in [0, 0.1) is 0 Å². The zero-order valence-electron chi connectivity index (χ0n) is 14.6. The first-order valence-electron chi connectivity index (χ1n) is 9.50. The third-order valence-corrected chi connectivity index (χ3v) is 5.44. The molecule has 2 aliphatic rings. The predicted molar refractivity (Wildman–Crippen MR) is 95.8 cm³/mol. The van der Waals surface area contributed by atoms with Crippen molar-refractivity contribution in [2.75, 3.05) is 32.8 Å². The fourth-order valence-electron chi connectivity index (χ4n) is 4.13. The van der Waals surface area contributed by atoms with Gasteiger partial charge in [-0.05, 0) is 43.2 Å². The molecule has 1 aromatic carbocycles. The Kier molecular flexibility index (Phi) is 6.27. The molecular weight excluding hydrogens is 300 g/mol. The second kappa shape index (κ2) is 8.63. The molecule has 0 aromatic heterocycles. The Balaban J connectivity index is 1.69. The van der Waals surface area contributed by atoms with Gasteiger partial charge < -0.3 is 10.0 Å². The minimum absolute atomic E-state index is 0.183. The molecule has 0 spiro atoms. The Morgan fingerprint density at radius 3 is 2.67 bits per heavy atom. The van der Waals surface area contributed by atoms with E-state index in [2.05, 4.69) is 34.1 Å². The lowest BCUT2D eigenvalue weighted by Gasteiger charge is -2.31. The molecule has 0 radical (unpaired) electrons. The Morgan fingerprint density at radius 2 is 1.92 bits per heavy atom. The van der Waals surface area contributed by atoms with Crippen LogP contribution < -0.4 is 0 Å². The number of aliphatic hydroxyl groups excluding tert-OH is 1. The van der Waals surface area contributed by atoms with Crippen molar-refractivity contribution < 1.29 is 9.90 Å². The third kappa shape index (κ3) is 4.17. The first kappa shape index (κ1) is 17.4. The van der Waals surface area contributed by atoms with Crippen molar-refractivity contribution >= 4 is 5.91 Å². The molecular formula is C20H30N2O2. The zero-order valence-corrected chi connectivity index (χ0v) is 14.6. The number of nitrogens with zero attached hydrogens (tertiary/aromatic N) is 2. The minimum Gasteiger partial charge on any atom is -0.396 e. The van der Waals surface area contributed by atoms with E-state index in [1.54, 1.807) is 0 Å². The molecule has 1 N–H and O–H groups in total. The predicted octanol–water partition coefficient (Wildman–Crippen LogP) is 2.76. The molecule has 4 heteroatoms. The second-order valence-corrected chi connectivity index (χ2v) is 7.10. The molecule has 4 nitrogen and oxygen atoms in total. The van der Waals surface area contributed by atoms with Crippen LogP contribution in [-0.2, 0) is 11.2 Å². The van der Waals surface area contributed by atoms with Crippen LogP contribution in [0.2, 0.25) is 0 Å². The Bertz CT molecular complexity index is 538. The quantitative estimate of drug-likeness (QED) is 0.872. The maximum atomic E-state index is 12.8. The number of fused-ring (bicyclic) bond motifs is 1. The molecule has 1 aliphatic carbocycles. The van der Waals surface area contributed by atoms with Crippen LogP contribution in [0.3, 0.4) is 0 Å². The van der Waals surface area contributed by atoms with Crippen LogP contribution in [0.4, 0.5) is 0 Å². The van der Waals surface area contributed by atoms with Gasteiger partial charge in [0.1, 0.15) is 0 Å². The van der Waals surface area contributed by atoms with Gasteiger partial charge in [0.25, 0.3) is 0 Å². The van der Waals surface area contributed by atoms with Crippen molar-refractivity contribution in [3.05, 3.63) is 35.4 Å². The summed E-state index contributed by atoms with van der Waals surface area (Å²) < 4.78 is 0. The van der Waals surface area contributed by atoms with Gasteiger partial charge in [0.2, 0.25) is 5.91 Å². The highest BCUT2D eigenvalue weighted by Gasteiger charge is 2.29. The Morgan fingerprint density at radius 1 is 1.17 bits per heavy atom. The largest absolute Gasteiger partial charge is 0.396 e. The minimum atomic E-state index is 0.183. The van der Waals surface area contributed by atoms with E-state index in [-0.39, 0.29) is 12.5 Å². The highest BCUT2D eigenvalue weighted by atomic mass is 16.3. The summed E-state index contributed by atoms with van der Waals surface area (Å²) in [5.41, 5.74) is 2.79. The summed E-state index contributed by atoms with van der Waals surface area (Å²) in [7, 11) is 0. The molecule has 132 valence electrons. The van der Waals surface area contributed by atoms with Crippen LogP contribution >= 0.6 is 0 Å². The van der Waals surface area contributed by atoms with E-state index >= 15 is 0 Å². The number of carbonyl (C=O) groups excluding carboxylic acids is 1. The summed E-state index contributed by atoms with van der Waals surface area (Å²) in [6.07, 6.45) is 7.66. The molecule has 1 saturated heterocycles. The average molecular weight is 330 g/mol. The lowest BCUT2D eigenvalue weighted by Crippen LogP contribution is -2.42. The summed E-state index contributed by atoms with van der Waals surface area (Å²) in [6, 6.07) is 8.93. The number of likely N-dealkylation sites (tertiary alicyclic amines) is 1. The highest BCUT2D eigenvalue weighted by Crippen LogP contribution is 2.35. The van der Waals surface area contributed by atoms with Gasteiger partial charge in [-0.25, -0.2) is 0 Å². The Hall–Kier alpha value is -1.39. The fraction of sp³-hybridized carbons (Fsp3) is 0.650. The van der Waals surface area contributed by atoms with Gasteiger partial charge in [-0.15, -0.1) is 0 Å². The van der Waals surface area contributed by atoms with E-state index < -0.39 is 0 Å². The van der Waals surface area contributed by atoms with Crippen molar-refractivity contribution in [1.29, 1.82) is 0 Å². The number of benzene rings is 1. The van der Waals surface area contributed by atoms with Crippen molar-refractivity contribution in [1.82, 2.24) is 9.80 Å². The van der Waals surface area contributed by atoms with E-state index in [0.717, 1.165) is 51.7 Å². The van der Waals surface area contributed by atoms with Crippen LogP contribution in [0.1, 0.15) is 55.7 Å². The van der Waals surface area contributed by atoms with Gasteiger partial charge >= 0.3 is 0 Å². The lowest BCUT2D eigenvalue weighted by molar-refractivity contribution is -0.133. The number of aliphatic hydroxyl groups is 1. The SMILES string of the molecule is O=C(CN(CCCO)C1CCc2ccccc21)N1CCCCCC1. The van der Waals surface area contributed by atoms with E-state index in [1.807, 2.05) is 0 Å². The van der Waals surface area contributed by atoms with Gasteiger partial charge in [0.05, 0.1) is 6.54 Å². The van der Waals surface area contributed by atoms with Crippen molar-refractivity contribution in [3.8, 4) is 0 Å². The molecule has 1 fully saturated rings. The molecule has 1 heterocycles. The monoisotopic (exact) mass is 330 g/mol. The number of rotatable bonds is 6. The summed E-state index contributed by atoms with van der Waals surface area (Å²) in [5.74, 6) is 0.263. The average Bonchev–Trinajstić information content (AvgIpc) is 2.84.